The molecule has 0 aromatic heterocycles. The molecule has 1 aromatic rings. The van der Waals surface area contributed by atoms with Crippen LogP contribution in [-0.4, -0.2) is 43.5 Å². The quantitative estimate of drug-likeness (QED) is 0.777. The van der Waals surface area contributed by atoms with Crippen LogP contribution in [0.1, 0.15) is 19.8 Å². The Labute approximate surface area is 124 Å². The van der Waals surface area contributed by atoms with Crippen LogP contribution in [0.5, 0.6) is 5.75 Å². The molecular weight excluding hydrogens is 275 g/mol. The van der Waals surface area contributed by atoms with Gasteiger partial charge in [-0.25, -0.2) is 4.39 Å². The molecule has 21 heavy (non-hydrogen) atoms. The van der Waals surface area contributed by atoms with Crippen LogP contribution in [0, 0.1) is 5.82 Å². The molecule has 1 unspecified atom stereocenters. The van der Waals surface area contributed by atoms with E-state index in [1.807, 2.05) is 0 Å². The average molecular weight is 296 g/mol. The minimum atomic E-state index is -0.545. The molecule has 0 saturated carbocycles. The van der Waals surface area contributed by atoms with Crippen LogP contribution >= 0.6 is 0 Å². The van der Waals surface area contributed by atoms with E-state index >= 15 is 0 Å². The summed E-state index contributed by atoms with van der Waals surface area (Å²) in [5.74, 6) is -0.285. The first-order valence-corrected chi connectivity index (χ1v) is 6.79. The Morgan fingerprint density at radius 3 is 2.71 bits per heavy atom. The molecule has 1 atom stereocenters. The second kappa shape index (κ2) is 8.24. The van der Waals surface area contributed by atoms with Crippen LogP contribution < -0.4 is 10.1 Å². The van der Waals surface area contributed by atoms with Crippen molar-refractivity contribution in [3.63, 3.8) is 0 Å². The minimum Gasteiger partial charge on any atom is -0.493 e. The molecule has 5 nitrogen and oxygen atoms in total. The molecule has 116 valence electrons. The molecule has 1 rings (SSSR count). The van der Waals surface area contributed by atoms with Gasteiger partial charge >= 0.3 is 0 Å². The Hall–Kier alpha value is -2.11. The van der Waals surface area contributed by atoms with Gasteiger partial charge in [0, 0.05) is 26.6 Å². The standard InChI is InChI=1S/C15H21FN2O3/c1-11(15(20)18(2)3)17-14(19)8-5-9-21-13-7-4-6-12(16)10-13/h4,6-7,10-11H,5,8-9H2,1-3H3,(H,17,19). The van der Waals surface area contributed by atoms with Crippen molar-refractivity contribution in [2.75, 3.05) is 20.7 Å². The zero-order chi connectivity index (χ0) is 15.8. The molecular formula is C15H21FN2O3. The zero-order valence-electron chi connectivity index (χ0n) is 12.6. The van der Waals surface area contributed by atoms with Crippen LogP contribution in [0.3, 0.4) is 0 Å². The highest BCUT2D eigenvalue weighted by atomic mass is 19.1. The number of nitrogens with zero attached hydrogens (tertiary/aromatic N) is 1. The van der Waals surface area contributed by atoms with Gasteiger partial charge in [-0.3, -0.25) is 9.59 Å². The van der Waals surface area contributed by atoms with E-state index in [2.05, 4.69) is 5.32 Å². The fraction of sp³-hybridized carbons (Fsp3) is 0.467. The molecule has 0 bridgehead atoms. The van der Waals surface area contributed by atoms with Gasteiger partial charge in [0.25, 0.3) is 0 Å². The third-order valence-electron chi connectivity index (χ3n) is 2.80. The SMILES string of the molecule is CC(NC(=O)CCCOc1cccc(F)c1)C(=O)N(C)C. The molecule has 0 aliphatic rings. The first-order valence-electron chi connectivity index (χ1n) is 6.79. The molecule has 0 saturated heterocycles. The summed E-state index contributed by atoms with van der Waals surface area (Å²) in [5, 5.41) is 2.62. The summed E-state index contributed by atoms with van der Waals surface area (Å²) in [6, 6.07) is 5.30. The fourth-order valence-electron chi connectivity index (χ4n) is 1.74. The van der Waals surface area contributed by atoms with Gasteiger partial charge in [-0.15, -0.1) is 0 Å². The Kier molecular flexibility index (Phi) is 6.65. The molecule has 0 spiro atoms. The van der Waals surface area contributed by atoms with Gasteiger partial charge in [0.2, 0.25) is 11.8 Å². The lowest BCUT2D eigenvalue weighted by Gasteiger charge is -2.17. The third-order valence-corrected chi connectivity index (χ3v) is 2.80. The van der Waals surface area contributed by atoms with Gasteiger partial charge in [0.1, 0.15) is 17.6 Å². The van der Waals surface area contributed by atoms with E-state index in [1.165, 1.54) is 17.0 Å². The number of likely N-dealkylation sites (N-methyl/N-ethyl adjacent to an activating group) is 1. The summed E-state index contributed by atoms with van der Waals surface area (Å²) < 4.78 is 18.2. The predicted molar refractivity (Wildman–Crippen MR) is 77.4 cm³/mol. The largest absolute Gasteiger partial charge is 0.493 e. The number of carbonyl (C=O) groups excluding carboxylic acids is 2. The molecule has 0 aliphatic heterocycles. The Bertz CT molecular complexity index is 492. The number of hydrogen-bond donors (Lipinski definition) is 1. The van der Waals surface area contributed by atoms with E-state index in [0.717, 1.165) is 0 Å². The smallest absolute Gasteiger partial charge is 0.244 e. The van der Waals surface area contributed by atoms with Crippen molar-refractivity contribution in [2.45, 2.75) is 25.8 Å². The Morgan fingerprint density at radius 2 is 2.10 bits per heavy atom. The number of benzene rings is 1. The van der Waals surface area contributed by atoms with Gasteiger partial charge in [-0.2, -0.15) is 0 Å². The molecule has 2 amide bonds. The van der Waals surface area contributed by atoms with E-state index in [0.29, 0.717) is 18.8 Å². The van der Waals surface area contributed by atoms with Crippen LogP contribution in [0.25, 0.3) is 0 Å². The van der Waals surface area contributed by atoms with Gasteiger partial charge < -0.3 is 15.0 Å². The highest BCUT2D eigenvalue weighted by Crippen LogP contribution is 2.12. The number of carbonyl (C=O) groups is 2. The lowest BCUT2D eigenvalue weighted by molar-refractivity contribution is -0.133. The second-order valence-electron chi connectivity index (χ2n) is 4.93. The first-order chi connectivity index (χ1) is 9.90. The summed E-state index contributed by atoms with van der Waals surface area (Å²) in [4.78, 5) is 24.7. The van der Waals surface area contributed by atoms with Crippen molar-refractivity contribution < 1.29 is 18.7 Å². The summed E-state index contributed by atoms with van der Waals surface area (Å²) in [6.45, 7) is 1.95. The van der Waals surface area contributed by atoms with Crippen molar-refractivity contribution in [3.8, 4) is 5.75 Å². The first kappa shape index (κ1) is 16.9. The number of hydrogen-bond acceptors (Lipinski definition) is 3. The average Bonchev–Trinajstić information content (AvgIpc) is 2.42. The summed E-state index contributed by atoms with van der Waals surface area (Å²) in [7, 11) is 3.27. The van der Waals surface area contributed by atoms with Crippen LogP contribution in [-0.2, 0) is 9.59 Å². The number of halogens is 1. The topological polar surface area (TPSA) is 58.6 Å². The van der Waals surface area contributed by atoms with Crippen LogP contribution in [0.15, 0.2) is 24.3 Å². The summed E-state index contributed by atoms with van der Waals surface area (Å²) >= 11 is 0. The number of amides is 2. The van der Waals surface area contributed by atoms with E-state index < -0.39 is 6.04 Å². The van der Waals surface area contributed by atoms with Crippen LogP contribution in [0.2, 0.25) is 0 Å². The van der Waals surface area contributed by atoms with E-state index in [1.54, 1.807) is 33.2 Å². The van der Waals surface area contributed by atoms with E-state index in [4.69, 9.17) is 4.74 Å². The molecule has 6 heteroatoms. The molecule has 1 aromatic carbocycles. The third kappa shape index (κ3) is 6.25. The molecule has 0 aliphatic carbocycles. The maximum Gasteiger partial charge on any atom is 0.244 e. The van der Waals surface area contributed by atoms with Gasteiger partial charge in [-0.05, 0) is 25.5 Å². The van der Waals surface area contributed by atoms with Crippen molar-refractivity contribution in [1.29, 1.82) is 0 Å². The molecule has 1 N–H and O–H groups in total. The van der Waals surface area contributed by atoms with Gasteiger partial charge in [-0.1, -0.05) is 6.07 Å². The normalized spacial score (nSPS) is 11.6. The maximum absolute atomic E-state index is 12.9. The molecule has 0 heterocycles. The monoisotopic (exact) mass is 296 g/mol. The number of nitrogens with one attached hydrogen (secondary N) is 1. The maximum atomic E-state index is 12.9. The highest BCUT2D eigenvalue weighted by Gasteiger charge is 2.16. The highest BCUT2D eigenvalue weighted by molar-refractivity contribution is 5.86. The minimum absolute atomic E-state index is 0.153. The lowest BCUT2D eigenvalue weighted by atomic mass is 10.2. The van der Waals surface area contributed by atoms with Crippen molar-refractivity contribution in [1.82, 2.24) is 10.2 Å². The van der Waals surface area contributed by atoms with Crippen molar-refractivity contribution in [3.05, 3.63) is 30.1 Å². The Morgan fingerprint density at radius 1 is 1.38 bits per heavy atom. The van der Waals surface area contributed by atoms with Gasteiger partial charge in [0.15, 0.2) is 0 Å². The Balaban J connectivity index is 2.23. The van der Waals surface area contributed by atoms with Crippen molar-refractivity contribution >= 4 is 11.8 Å². The van der Waals surface area contributed by atoms with Crippen molar-refractivity contribution in [2.24, 2.45) is 0 Å². The predicted octanol–water partition coefficient (Wildman–Crippen LogP) is 1.58. The van der Waals surface area contributed by atoms with E-state index in [-0.39, 0.29) is 24.1 Å². The molecule has 0 fully saturated rings. The van der Waals surface area contributed by atoms with Crippen LogP contribution in [0.4, 0.5) is 4.39 Å². The number of ether oxygens (including phenoxy) is 1. The summed E-state index contributed by atoms with van der Waals surface area (Å²) in [6.07, 6.45) is 0.742. The molecule has 0 radical (unpaired) electrons. The fourth-order valence-corrected chi connectivity index (χ4v) is 1.74. The van der Waals surface area contributed by atoms with E-state index in [9.17, 15) is 14.0 Å². The van der Waals surface area contributed by atoms with Gasteiger partial charge in [0.05, 0.1) is 6.61 Å². The lowest BCUT2D eigenvalue weighted by Crippen LogP contribution is -2.44. The zero-order valence-corrected chi connectivity index (χ0v) is 12.6. The summed E-state index contributed by atoms with van der Waals surface area (Å²) in [5.41, 5.74) is 0. The number of rotatable bonds is 7. The second-order valence-corrected chi connectivity index (χ2v) is 4.93.